The fraction of sp³-hybridized carbons (Fsp3) is 0.429. The van der Waals surface area contributed by atoms with Crippen LogP contribution in [-0.4, -0.2) is 36.4 Å². The Morgan fingerprint density at radius 3 is 2.62 bits per heavy atom. The van der Waals surface area contributed by atoms with Gasteiger partial charge in [0.25, 0.3) is 5.91 Å². The van der Waals surface area contributed by atoms with E-state index in [1.54, 1.807) is 23.1 Å². The highest BCUT2D eigenvalue weighted by Crippen LogP contribution is 2.28. The van der Waals surface area contributed by atoms with Gasteiger partial charge in [-0.15, -0.1) is 0 Å². The van der Waals surface area contributed by atoms with Gasteiger partial charge in [0.1, 0.15) is 5.75 Å². The van der Waals surface area contributed by atoms with Crippen molar-refractivity contribution in [2.75, 3.05) is 19.7 Å². The molecule has 1 fully saturated rings. The number of hydrogen-bond donors (Lipinski definition) is 1. The number of hydrogen-bond acceptors (Lipinski definition) is 3. The molecule has 7 heteroatoms. The number of halogens is 2. The lowest BCUT2D eigenvalue weighted by atomic mass is 9.96. The van der Waals surface area contributed by atoms with Crippen LogP contribution in [0, 0.1) is 5.92 Å². The summed E-state index contributed by atoms with van der Waals surface area (Å²) in [7, 11) is 0. The second-order valence-electron chi connectivity index (χ2n) is 4.92. The van der Waals surface area contributed by atoms with Crippen LogP contribution in [0.2, 0.25) is 5.02 Å². The van der Waals surface area contributed by atoms with Gasteiger partial charge in [0, 0.05) is 24.0 Å². The zero-order chi connectivity index (χ0) is 15.4. The van der Waals surface area contributed by atoms with Crippen LogP contribution in [0.1, 0.15) is 12.8 Å². The Labute approximate surface area is 136 Å². The highest BCUT2D eigenvalue weighted by molar-refractivity contribution is 9.10. The van der Waals surface area contributed by atoms with Crippen molar-refractivity contribution in [3.8, 4) is 5.75 Å². The van der Waals surface area contributed by atoms with E-state index in [2.05, 4.69) is 15.9 Å². The normalized spacial score (nSPS) is 15.8. The minimum atomic E-state index is -0.288. The van der Waals surface area contributed by atoms with Gasteiger partial charge in [-0.1, -0.05) is 11.6 Å². The Kier molecular flexibility index (Phi) is 5.47. The number of amides is 2. The SMILES string of the molecule is NC(=O)C1CCN(C(=O)COc2ccc(Cl)cc2Br)CC1. The summed E-state index contributed by atoms with van der Waals surface area (Å²) in [4.78, 5) is 24.9. The first-order valence-electron chi connectivity index (χ1n) is 6.62. The first-order valence-corrected chi connectivity index (χ1v) is 7.79. The van der Waals surface area contributed by atoms with Crippen LogP contribution in [0.5, 0.6) is 5.75 Å². The van der Waals surface area contributed by atoms with E-state index in [-0.39, 0.29) is 24.3 Å². The lowest BCUT2D eigenvalue weighted by Gasteiger charge is -2.30. The average Bonchev–Trinajstić information content (AvgIpc) is 2.46. The van der Waals surface area contributed by atoms with Gasteiger partial charge in [-0.05, 0) is 47.0 Å². The number of rotatable bonds is 4. The molecule has 1 aliphatic rings. The lowest BCUT2D eigenvalue weighted by molar-refractivity contribution is -0.136. The van der Waals surface area contributed by atoms with E-state index in [1.807, 2.05) is 0 Å². The first-order chi connectivity index (χ1) is 9.97. The van der Waals surface area contributed by atoms with Crippen molar-refractivity contribution in [2.45, 2.75) is 12.8 Å². The minimum Gasteiger partial charge on any atom is -0.483 e. The van der Waals surface area contributed by atoms with Gasteiger partial charge in [-0.2, -0.15) is 0 Å². The molecular weight excluding hydrogens is 360 g/mol. The molecule has 0 unspecified atom stereocenters. The van der Waals surface area contributed by atoms with Gasteiger partial charge in [0.2, 0.25) is 5.91 Å². The Morgan fingerprint density at radius 1 is 1.38 bits per heavy atom. The van der Waals surface area contributed by atoms with Crippen LogP contribution in [0.15, 0.2) is 22.7 Å². The molecule has 2 rings (SSSR count). The van der Waals surface area contributed by atoms with Crippen LogP contribution < -0.4 is 10.5 Å². The minimum absolute atomic E-state index is 0.0402. The number of nitrogens with zero attached hydrogens (tertiary/aromatic N) is 1. The van der Waals surface area contributed by atoms with Crippen molar-refractivity contribution in [2.24, 2.45) is 11.7 Å². The molecule has 1 aliphatic heterocycles. The van der Waals surface area contributed by atoms with Crippen LogP contribution in [0.4, 0.5) is 0 Å². The van der Waals surface area contributed by atoms with Gasteiger partial charge in [-0.25, -0.2) is 0 Å². The molecule has 1 heterocycles. The Morgan fingerprint density at radius 2 is 2.05 bits per heavy atom. The molecule has 0 radical (unpaired) electrons. The summed E-state index contributed by atoms with van der Waals surface area (Å²) in [5.41, 5.74) is 5.27. The van der Waals surface area contributed by atoms with Crippen molar-refractivity contribution in [3.05, 3.63) is 27.7 Å². The smallest absolute Gasteiger partial charge is 0.260 e. The summed E-state index contributed by atoms with van der Waals surface area (Å²) in [5, 5.41) is 0.592. The third kappa shape index (κ3) is 4.35. The van der Waals surface area contributed by atoms with E-state index in [0.717, 1.165) is 0 Å². The largest absolute Gasteiger partial charge is 0.483 e. The maximum atomic E-state index is 12.1. The van der Waals surface area contributed by atoms with Crippen molar-refractivity contribution in [1.82, 2.24) is 4.90 Å². The van der Waals surface area contributed by atoms with Gasteiger partial charge in [0.05, 0.1) is 4.47 Å². The first kappa shape index (κ1) is 16.1. The highest BCUT2D eigenvalue weighted by Gasteiger charge is 2.26. The average molecular weight is 376 g/mol. The number of ether oxygens (including phenoxy) is 1. The quantitative estimate of drug-likeness (QED) is 0.877. The molecule has 1 aromatic rings. The Hall–Kier alpha value is -1.27. The number of carbonyl (C=O) groups excluding carboxylic acids is 2. The molecule has 0 aliphatic carbocycles. The van der Waals surface area contributed by atoms with Crippen molar-refractivity contribution in [1.29, 1.82) is 0 Å². The molecular formula is C14H16BrClN2O3. The molecule has 2 N–H and O–H groups in total. The Bertz CT molecular complexity index is 545. The van der Waals surface area contributed by atoms with Gasteiger partial charge >= 0.3 is 0 Å². The van der Waals surface area contributed by atoms with Gasteiger partial charge in [0.15, 0.2) is 6.61 Å². The monoisotopic (exact) mass is 374 g/mol. The van der Waals surface area contributed by atoms with E-state index in [1.165, 1.54) is 0 Å². The van der Waals surface area contributed by atoms with E-state index in [9.17, 15) is 9.59 Å². The number of carbonyl (C=O) groups is 2. The summed E-state index contributed by atoms with van der Waals surface area (Å²) in [5.74, 6) is 0.0587. The molecule has 2 amide bonds. The summed E-state index contributed by atoms with van der Waals surface area (Å²) >= 11 is 9.17. The maximum absolute atomic E-state index is 12.1. The Balaban J connectivity index is 1.84. The third-order valence-corrected chi connectivity index (χ3v) is 4.35. The molecule has 21 heavy (non-hydrogen) atoms. The van der Waals surface area contributed by atoms with Crippen LogP contribution in [-0.2, 0) is 9.59 Å². The standard InChI is InChI=1S/C14H16BrClN2O3/c15-11-7-10(16)1-2-12(11)21-8-13(19)18-5-3-9(4-6-18)14(17)20/h1-2,7,9H,3-6,8H2,(H2,17,20). The second kappa shape index (κ2) is 7.13. The van der Waals surface area contributed by atoms with Crippen molar-refractivity contribution in [3.63, 3.8) is 0 Å². The van der Waals surface area contributed by atoms with Crippen molar-refractivity contribution < 1.29 is 14.3 Å². The summed E-state index contributed by atoms with van der Waals surface area (Å²) in [6.45, 7) is 1.04. The number of nitrogens with two attached hydrogens (primary N) is 1. The molecule has 114 valence electrons. The lowest BCUT2D eigenvalue weighted by Crippen LogP contribution is -2.43. The van der Waals surface area contributed by atoms with E-state index >= 15 is 0 Å². The second-order valence-corrected chi connectivity index (χ2v) is 6.21. The number of benzene rings is 1. The summed E-state index contributed by atoms with van der Waals surface area (Å²) in [6, 6.07) is 5.11. The molecule has 0 atom stereocenters. The zero-order valence-electron chi connectivity index (χ0n) is 11.4. The maximum Gasteiger partial charge on any atom is 0.260 e. The van der Waals surface area contributed by atoms with Crippen LogP contribution in [0.3, 0.4) is 0 Å². The number of primary amides is 1. The summed E-state index contributed by atoms with van der Waals surface area (Å²) < 4.78 is 6.20. The predicted octanol–water partition coefficient (Wildman–Crippen LogP) is 2.21. The fourth-order valence-corrected chi connectivity index (χ4v) is 3.03. The molecule has 0 aromatic heterocycles. The predicted molar refractivity (Wildman–Crippen MR) is 83.1 cm³/mol. The highest BCUT2D eigenvalue weighted by atomic mass is 79.9. The zero-order valence-corrected chi connectivity index (χ0v) is 13.7. The molecule has 0 spiro atoms. The molecule has 0 saturated carbocycles. The number of likely N-dealkylation sites (tertiary alicyclic amines) is 1. The number of piperidine rings is 1. The van der Waals surface area contributed by atoms with Crippen LogP contribution in [0.25, 0.3) is 0 Å². The van der Waals surface area contributed by atoms with Gasteiger partial charge < -0.3 is 15.4 Å². The van der Waals surface area contributed by atoms with Gasteiger partial charge in [-0.3, -0.25) is 9.59 Å². The topological polar surface area (TPSA) is 72.6 Å². The molecule has 0 bridgehead atoms. The molecule has 1 saturated heterocycles. The third-order valence-electron chi connectivity index (χ3n) is 3.50. The molecule has 5 nitrogen and oxygen atoms in total. The summed E-state index contributed by atoms with van der Waals surface area (Å²) in [6.07, 6.45) is 1.23. The van der Waals surface area contributed by atoms with E-state index in [0.29, 0.717) is 41.2 Å². The fourth-order valence-electron chi connectivity index (χ4n) is 2.24. The molecule has 1 aromatic carbocycles. The van der Waals surface area contributed by atoms with Crippen molar-refractivity contribution >= 4 is 39.3 Å². The van der Waals surface area contributed by atoms with E-state index < -0.39 is 0 Å². The van der Waals surface area contributed by atoms with Crippen LogP contribution >= 0.6 is 27.5 Å². The van der Waals surface area contributed by atoms with E-state index in [4.69, 9.17) is 22.1 Å².